The maximum atomic E-state index is 3.50. The molecule has 1 saturated carbocycles. The fraction of sp³-hybridized carbons (Fsp3) is 0.571. The van der Waals surface area contributed by atoms with E-state index in [0.717, 1.165) is 5.92 Å². The van der Waals surface area contributed by atoms with E-state index in [1.54, 1.807) is 5.56 Å². The second kappa shape index (κ2) is 4.29. The van der Waals surface area contributed by atoms with Crippen molar-refractivity contribution in [2.75, 3.05) is 0 Å². The minimum absolute atomic E-state index is 0.509. The number of halogens is 1. The van der Waals surface area contributed by atoms with Crippen LogP contribution in [0.1, 0.15) is 45.1 Å². The van der Waals surface area contributed by atoms with Gasteiger partial charge in [0.2, 0.25) is 0 Å². The van der Waals surface area contributed by atoms with E-state index in [9.17, 15) is 0 Å². The lowest BCUT2D eigenvalue weighted by molar-refractivity contribution is 0.200. The summed E-state index contributed by atoms with van der Waals surface area (Å²) in [7, 11) is 0. The van der Waals surface area contributed by atoms with Crippen molar-refractivity contribution in [1.29, 1.82) is 0 Å². The van der Waals surface area contributed by atoms with Crippen LogP contribution in [0.5, 0.6) is 0 Å². The Morgan fingerprint density at radius 2 is 1.80 bits per heavy atom. The second-order valence-corrected chi connectivity index (χ2v) is 6.15. The van der Waals surface area contributed by atoms with Crippen molar-refractivity contribution in [3.63, 3.8) is 0 Å². The van der Waals surface area contributed by atoms with Gasteiger partial charge < -0.3 is 0 Å². The summed E-state index contributed by atoms with van der Waals surface area (Å²) in [6.45, 7) is 4.66. The first-order valence-corrected chi connectivity index (χ1v) is 6.68. The summed E-state index contributed by atoms with van der Waals surface area (Å²) in [5.41, 5.74) is 2.06. The number of hydrogen-bond donors (Lipinski definition) is 0. The predicted molar refractivity (Wildman–Crippen MR) is 69.1 cm³/mol. The average Bonchev–Trinajstić information content (AvgIpc) is 2.13. The Morgan fingerprint density at radius 3 is 2.20 bits per heavy atom. The maximum absolute atomic E-state index is 3.50. The van der Waals surface area contributed by atoms with Crippen LogP contribution < -0.4 is 0 Å². The van der Waals surface area contributed by atoms with Gasteiger partial charge in [-0.1, -0.05) is 48.3 Å². The molecule has 0 spiro atoms. The van der Waals surface area contributed by atoms with Gasteiger partial charge in [0.05, 0.1) is 0 Å². The maximum Gasteiger partial charge on any atom is 0.0175 e. The number of rotatable bonds is 3. The van der Waals surface area contributed by atoms with Gasteiger partial charge >= 0.3 is 0 Å². The molecule has 1 aliphatic carbocycles. The molecular weight excluding hydrogens is 248 g/mol. The lowest BCUT2D eigenvalue weighted by Gasteiger charge is -2.44. The molecule has 2 rings (SSSR count). The molecule has 0 aliphatic heterocycles. The summed E-state index contributed by atoms with van der Waals surface area (Å²) >= 11 is 3.50. The third kappa shape index (κ3) is 2.28. The SMILES string of the molecule is CC(C)CC1(c2ccc(Br)cc2)CCC1. The summed E-state index contributed by atoms with van der Waals surface area (Å²) in [4.78, 5) is 0. The van der Waals surface area contributed by atoms with E-state index in [-0.39, 0.29) is 0 Å². The van der Waals surface area contributed by atoms with Crippen molar-refractivity contribution >= 4 is 15.9 Å². The molecule has 0 bridgehead atoms. The van der Waals surface area contributed by atoms with Gasteiger partial charge in [-0.3, -0.25) is 0 Å². The number of benzene rings is 1. The molecule has 0 unspecified atom stereocenters. The minimum Gasteiger partial charge on any atom is -0.0627 e. The van der Waals surface area contributed by atoms with Crippen molar-refractivity contribution in [3.05, 3.63) is 34.3 Å². The highest BCUT2D eigenvalue weighted by Gasteiger charge is 2.38. The van der Waals surface area contributed by atoms with Gasteiger partial charge in [-0.25, -0.2) is 0 Å². The molecule has 0 saturated heterocycles. The summed E-state index contributed by atoms with van der Waals surface area (Å²) < 4.78 is 1.19. The molecule has 0 heterocycles. The zero-order valence-electron chi connectivity index (χ0n) is 9.59. The summed E-state index contributed by atoms with van der Waals surface area (Å²) in [5, 5.41) is 0. The second-order valence-electron chi connectivity index (χ2n) is 5.24. The Balaban J connectivity index is 2.22. The van der Waals surface area contributed by atoms with Crippen LogP contribution in [0.4, 0.5) is 0 Å². The molecule has 1 aromatic carbocycles. The van der Waals surface area contributed by atoms with Gasteiger partial charge in [0.25, 0.3) is 0 Å². The molecule has 0 radical (unpaired) electrons. The van der Waals surface area contributed by atoms with Gasteiger partial charge in [0.1, 0.15) is 0 Å². The largest absolute Gasteiger partial charge is 0.0627 e. The Morgan fingerprint density at radius 1 is 1.20 bits per heavy atom. The third-order valence-corrected chi connectivity index (χ3v) is 4.09. The van der Waals surface area contributed by atoms with Gasteiger partial charge in [-0.2, -0.15) is 0 Å². The van der Waals surface area contributed by atoms with Crippen LogP contribution in [0.15, 0.2) is 28.7 Å². The molecule has 15 heavy (non-hydrogen) atoms. The minimum atomic E-state index is 0.509. The molecule has 1 heteroatoms. The smallest absolute Gasteiger partial charge is 0.0175 e. The lowest BCUT2D eigenvalue weighted by Crippen LogP contribution is -2.35. The molecule has 0 aromatic heterocycles. The Kier molecular flexibility index (Phi) is 3.20. The van der Waals surface area contributed by atoms with Crippen molar-refractivity contribution < 1.29 is 0 Å². The summed E-state index contributed by atoms with van der Waals surface area (Å²) in [6, 6.07) is 8.95. The van der Waals surface area contributed by atoms with Crippen molar-refractivity contribution in [2.24, 2.45) is 5.92 Å². The van der Waals surface area contributed by atoms with Crippen LogP contribution in [0.3, 0.4) is 0 Å². The third-order valence-electron chi connectivity index (χ3n) is 3.57. The molecule has 0 N–H and O–H groups in total. The molecule has 0 nitrogen and oxygen atoms in total. The number of hydrogen-bond acceptors (Lipinski definition) is 0. The Bertz CT molecular complexity index is 320. The van der Waals surface area contributed by atoms with Gasteiger partial charge in [-0.15, -0.1) is 0 Å². The molecule has 1 fully saturated rings. The average molecular weight is 267 g/mol. The van der Waals surface area contributed by atoms with E-state index >= 15 is 0 Å². The highest BCUT2D eigenvalue weighted by molar-refractivity contribution is 9.10. The van der Waals surface area contributed by atoms with Crippen molar-refractivity contribution in [2.45, 2.75) is 44.9 Å². The van der Waals surface area contributed by atoms with Gasteiger partial charge in [0, 0.05) is 4.47 Å². The van der Waals surface area contributed by atoms with Crippen LogP contribution >= 0.6 is 15.9 Å². The van der Waals surface area contributed by atoms with E-state index in [2.05, 4.69) is 54.0 Å². The first kappa shape index (κ1) is 11.2. The van der Waals surface area contributed by atoms with Gasteiger partial charge in [-0.05, 0) is 48.3 Å². The van der Waals surface area contributed by atoms with E-state index in [4.69, 9.17) is 0 Å². The van der Waals surface area contributed by atoms with Crippen LogP contribution in [0.25, 0.3) is 0 Å². The fourth-order valence-electron chi connectivity index (χ4n) is 2.80. The van der Waals surface area contributed by atoms with Crippen molar-refractivity contribution in [3.8, 4) is 0 Å². The highest BCUT2D eigenvalue weighted by Crippen LogP contribution is 2.48. The molecule has 82 valence electrons. The zero-order chi connectivity index (χ0) is 10.9. The first-order chi connectivity index (χ1) is 7.12. The molecular formula is C14H19Br. The zero-order valence-corrected chi connectivity index (χ0v) is 11.2. The van der Waals surface area contributed by atoms with Crippen LogP contribution in [-0.2, 0) is 5.41 Å². The van der Waals surface area contributed by atoms with Crippen molar-refractivity contribution in [1.82, 2.24) is 0 Å². The Labute approximate surface area is 101 Å². The van der Waals surface area contributed by atoms with E-state index in [0.29, 0.717) is 5.41 Å². The first-order valence-electron chi connectivity index (χ1n) is 5.88. The van der Waals surface area contributed by atoms with Crippen LogP contribution in [-0.4, -0.2) is 0 Å². The molecule has 0 atom stereocenters. The molecule has 0 amide bonds. The predicted octanol–water partition coefficient (Wildman–Crippen LogP) is 4.92. The Hall–Kier alpha value is -0.300. The van der Waals surface area contributed by atoms with Crippen LogP contribution in [0.2, 0.25) is 0 Å². The van der Waals surface area contributed by atoms with Gasteiger partial charge in [0.15, 0.2) is 0 Å². The van der Waals surface area contributed by atoms with E-state index < -0.39 is 0 Å². The lowest BCUT2D eigenvalue weighted by atomic mass is 9.61. The standard InChI is InChI=1S/C14H19Br/c1-11(2)10-14(8-3-9-14)12-4-6-13(15)7-5-12/h4-7,11H,3,8-10H2,1-2H3. The highest BCUT2D eigenvalue weighted by atomic mass is 79.9. The molecule has 1 aliphatic rings. The van der Waals surface area contributed by atoms with Crippen LogP contribution in [0, 0.1) is 5.92 Å². The fourth-order valence-corrected chi connectivity index (χ4v) is 3.06. The van der Waals surface area contributed by atoms with E-state index in [1.807, 2.05) is 0 Å². The quantitative estimate of drug-likeness (QED) is 0.729. The monoisotopic (exact) mass is 266 g/mol. The normalized spacial score (nSPS) is 18.9. The summed E-state index contributed by atoms with van der Waals surface area (Å²) in [6.07, 6.45) is 5.51. The summed E-state index contributed by atoms with van der Waals surface area (Å²) in [5.74, 6) is 0.800. The molecule has 1 aromatic rings. The topological polar surface area (TPSA) is 0 Å². The van der Waals surface area contributed by atoms with E-state index in [1.165, 1.54) is 30.2 Å².